The Labute approximate surface area is 169 Å². The van der Waals surface area contributed by atoms with Crippen LogP contribution >= 0.6 is 0 Å². The summed E-state index contributed by atoms with van der Waals surface area (Å²) in [6, 6.07) is 11.3. The molecule has 0 saturated carbocycles. The summed E-state index contributed by atoms with van der Waals surface area (Å²) in [6.07, 6.45) is 4.09. The Kier molecular flexibility index (Phi) is 6.54. The van der Waals surface area contributed by atoms with Gasteiger partial charge >= 0.3 is 5.97 Å². The predicted octanol–water partition coefficient (Wildman–Crippen LogP) is 3.91. The summed E-state index contributed by atoms with van der Waals surface area (Å²) in [7, 11) is 0. The average molecular weight is 393 g/mol. The minimum Gasteiger partial charge on any atom is -0.456 e. The number of fused-ring (bicyclic) bond motifs is 2. The minimum atomic E-state index is -0.556. The van der Waals surface area contributed by atoms with E-state index in [1.165, 1.54) is 0 Å². The summed E-state index contributed by atoms with van der Waals surface area (Å²) in [4.78, 5) is 49.6. The van der Waals surface area contributed by atoms with Crippen molar-refractivity contribution >= 4 is 29.1 Å². The average Bonchev–Trinajstić information content (AvgIpc) is 2.73. The Morgan fingerprint density at radius 1 is 0.862 bits per heavy atom. The van der Waals surface area contributed by atoms with Crippen LogP contribution in [-0.4, -0.2) is 30.0 Å². The number of amides is 1. The molecule has 1 N–H and O–H groups in total. The molecule has 0 bridgehead atoms. The van der Waals surface area contributed by atoms with Gasteiger partial charge in [0.1, 0.15) is 0 Å². The molecule has 6 heteroatoms. The fourth-order valence-corrected chi connectivity index (χ4v) is 3.35. The smallest absolute Gasteiger partial charge is 0.306 e. The summed E-state index contributed by atoms with van der Waals surface area (Å²) in [5, 5.41) is 2.59. The Hall–Kier alpha value is -3.28. The number of hydrogen-bond acceptors (Lipinski definition) is 5. The quantitative estimate of drug-likeness (QED) is 0.463. The third-order valence-electron chi connectivity index (χ3n) is 4.83. The molecule has 3 rings (SSSR count). The largest absolute Gasteiger partial charge is 0.456 e. The molecular formula is C23H23NO5. The van der Waals surface area contributed by atoms with E-state index in [2.05, 4.69) is 12.2 Å². The molecule has 2 aromatic rings. The molecule has 1 amide bonds. The van der Waals surface area contributed by atoms with E-state index < -0.39 is 18.5 Å². The summed E-state index contributed by atoms with van der Waals surface area (Å²) in [5.41, 5.74) is 1.31. The van der Waals surface area contributed by atoms with Crippen molar-refractivity contribution in [2.45, 2.75) is 39.0 Å². The highest BCUT2D eigenvalue weighted by atomic mass is 16.5. The number of ketones is 2. The van der Waals surface area contributed by atoms with E-state index in [1.807, 2.05) is 0 Å². The molecule has 2 aromatic carbocycles. The number of ether oxygens (including phenoxy) is 1. The fourth-order valence-electron chi connectivity index (χ4n) is 3.35. The highest BCUT2D eigenvalue weighted by molar-refractivity contribution is 6.30. The molecule has 0 atom stereocenters. The van der Waals surface area contributed by atoms with Gasteiger partial charge in [-0.15, -0.1) is 0 Å². The van der Waals surface area contributed by atoms with E-state index in [4.69, 9.17) is 4.74 Å². The minimum absolute atomic E-state index is 0.162. The Balaban J connectivity index is 1.67. The number of benzene rings is 2. The number of esters is 1. The maximum absolute atomic E-state index is 12.9. The van der Waals surface area contributed by atoms with Crippen molar-refractivity contribution in [3.05, 3.63) is 64.7 Å². The summed E-state index contributed by atoms with van der Waals surface area (Å²) >= 11 is 0. The van der Waals surface area contributed by atoms with Gasteiger partial charge in [-0.25, -0.2) is 0 Å². The summed E-state index contributed by atoms with van der Waals surface area (Å²) in [6.45, 7) is 1.65. The van der Waals surface area contributed by atoms with Crippen molar-refractivity contribution in [3.8, 4) is 0 Å². The van der Waals surface area contributed by atoms with Crippen LogP contribution in [0.3, 0.4) is 0 Å². The molecule has 0 fully saturated rings. The van der Waals surface area contributed by atoms with Gasteiger partial charge in [-0.1, -0.05) is 62.6 Å². The first-order valence-corrected chi connectivity index (χ1v) is 9.79. The normalized spacial score (nSPS) is 12.2. The lowest BCUT2D eigenvalue weighted by Gasteiger charge is -2.20. The lowest BCUT2D eigenvalue weighted by molar-refractivity contribution is -0.147. The molecule has 0 aliphatic heterocycles. The van der Waals surface area contributed by atoms with Crippen LogP contribution in [0.15, 0.2) is 42.5 Å². The van der Waals surface area contributed by atoms with E-state index in [0.29, 0.717) is 11.1 Å². The van der Waals surface area contributed by atoms with E-state index in [1.54, 1.807) is 42.5 Å². The predicted molar refractivity (Wildman–Crippen MR) is 108 cm³/mol. The number of rotatable bonds is 8. The Bertz CT molecular complexity index is 963. The van der Waals surface area contributed by atoms with Crippen molar-refractivity contribution in [1.82, 2.24) is 0 Å². The van der Waals surface area contributed by atoms with Gasteiger partial charge in [-0.3, -0.25) is 19.2 Å². The Morgan fingerprint density at radius 2 is 1.55 bits per heavy atom. The second-order valence-electron chi connectivity index (χ2n) is 6.95. The fraction of sp³-hybridized carbons (Fsp3) is 0.304. The topological polar surface area (TPSA) is 89.5 Å². The molecule has 0 unspecified atom stereocenters. The van der Waals surface area contributed by atoms with Gasteiger partial charge in [0.25, 0.3) is 5.91 Å². The molecule has 1 aliphatic rings. The van der Waals surface area contributed by atoms with Crippen LogP contribution in [0, 0.1) is 0 Å². The molecule has 0 spiro atoms. The molecule has 6 nitrogen and oxygen atoms in total. The van der Waals surface area contributed by atoms with E-state index >= 15 is 0 Å². The first-order valence-electron chi connectivity index (χ1n) is 9.79. The molecule has 29 heavy (non-hydrogen) atoms. The zero-order valence-electron chi connectivity index (χ0n) is 16.3. The zero-order chi connectivity index (χ0) is 20.8. The molecule has 0 heterocycles. The van der Waals surface area contributed by atoms with Crippen LogP contribution in [-0.2, 0) is 14.3 Å². The number of carbonyl (C=O) groups excluding carboxylic acids is 4. The summed E-state index contributed by atoms with van der Waals surface area (Å²) in [5.74, 6) is -1.56. The van der Waals surface area contributed by atoms with Gasteiger partial charge in [0.15, 0.2) is 18.2 Å². The van der Waals surface area contributed by atoms with Crippen LogP contribution in [0.5, 0.6) is 0 Å². The van der Waals surface area contributed by atoms with Crippen LogP contribution in [0.1, 0.15) is 70.9 Å². The molecule has 0 radical (unpaired) electrons. The molecule has 0 aromatic heterocycles. The van der Waals surface area contributed by atoms with Gasteiger partial charge < -0.3 is 10.1 Å². The first kappa shape index (κ1) is 20.5. The van der Waals surface area contributed by atoms with Crippen molar-refractivity contribution in [2.24, 2.45) is 0 Å². The standard InChI is InChI=1S/C23H23NO5/c1-2-3-4-5-13-20(26)29-14-19(25)24-18-12-8-11-17-21(18)23(28)16-10-7-6-9-15(16)22(17)27/h6-12H,2-5,13-14H2,1H3,(H,24,25). The monoisotopic (exact) mass is 393 g/mol. The van der Waals surface area contributed by atoms with E-state index in [-0.39, 0.29) is 34.8 Å². The lowest BCUT2D eigenvalue weighted by Crippen LogP contribution is -2.26. The molecule has 150 valence electrons. The van der Waals surface area contributed by atoms with Crippen LogP contribution in [0.4, 0.5) is 5.69 Å². The number of carbonyl (C=O) groups is 4. The van der Waals surface area contributed by atoms with Gasteiger partial charge in [0.05, 0.1) is 11.3 Å². The van der Waals surface area contributed by atoms with Crippen molar-refractivity contribution in [2.75, 3.05) is 11.9 Å². The highest BCUT2D eigenvalue weighted by Gasteiger charge is 2.31. The van der Waals surface area contributed by atoms with Crippen molar-refractivity contribution in [1.29, 1.82) is 0 Å². The number of nitrogens with one attached hydrogen (secondary N) is 1. The van der Waals surface area contributed by atoms with Crippen LogP contribution in [0.25, 0.3) is 0 Å². The third kappa shape index (κ3) is 4.59. The summed E-state index contributed by atoms with van der Waals surface area (Å²) < 4.78 is 5.00. The molecule has 1 aliphatic carbocycles. The van der Waals surface area contributed by atoms with Gasteiger partial charge in [-0.2, -0.15) is 0 Å². The number of hydrogen-bond donors (Lipinski definition) is 1. The Morgan fingerprint density at radius 3 is 2.28 bits per heavy atom. The van der Waals surface area contributed by atoms with Crippen LogP contribution in [0.2, 0.25) is 0 Å². The number of unbranched alkanes of at least 4 members (excludes halogenated alkanes) is 3. The highest BCUT2D eigenvalue weighted by Crippen LogP contribution is 2.31. The molecule has 0 saturated heterocycles. The first-order chi connectivity index (χ1) is 14.0. The molecular weight excluding hydrogens is 370 g/mol. The zero-order valence-corrected chi connectivity index (χ0v) is 16.3. The second kappa shape index (κ2) is 9.28. The number of anilines is 1. The lowest BCUT2D eigenvalue weighted by atomic mass is 9.83. The SMILES string of the molecule is CCCCCCC(=O)OCC(=O)Nc1cccc2c1C(=O)c1ccccc1C2=O. The second-order valence-corrected chi connectivity index (χ2v) is 6.95. The third-order valence-corrected chi connectivity index (χ3v) is 4.83. The van der Waals surface area contributed by atoms with Crippen molar-refractivity contribution < 1.29 is 23.9 Å². The van der Waals surface area contributed by atoms with Gasteiger partial charge in [0, 0.05) is 23.1 Å². The van der Waals surface area contributed by atoms with Crippen LogP contribution < -0.4 is 5.32 Å². The maximum atomic E-state index is 12.9. The van der Waals surface area contributed by atoms with Crippen molar-refractivity contribution in [3.63, 3.8) is 0 Å². The van der Waals surface area contributed by atoms with Gasteiger partial charge in [-0.05, 0) is 12.5 Å². The van der Waals surface area contributed by atoms with E-state index in [9.17, 15) is 19.2 Å². The van der Waals surface area contributed by atoms with Gasteiger partial charge in [0.2, 0.25) is 0 Å². The maximum Gasteiger partial charge on any atom is 0.306 e. The van der Waals surface area contributed by atoms with E-state index in [0.717, 1.165) is 25.7 Å².